The molecular weight excluding hydrogens is 350 g/mol. The van der Waals surface area contributed by atoms with E-state index >= 15 is 0 Å². The molecule has 0 saturated carbocycles. The Morgan fingerprint density at radius 2 is 1.92 bits per heavy atom. The molecular formula is C20H19NO4S. The van der Waals surface area contributed by atoms with Crippen LogP contribution in [0.1, 0.15) is 19.4 Å². The lowest BCUT2D eigenvalue weighted by molar-refractivity contribution is -0.131. The number of methoxy groups -OCH3 is 1. The second kappa shape index (κ2) is 7.66. The summed E-state index contributed by atoms with van der Waals surface area (Å²) in [5.74, 6) is 0.877. The lowest BCUT2D eigenvalue weighted by Crippen LogP contribution is -2.18. The molecule has 0 amide bonds. The van der Waals surface area contributed by atoms with Crippen molar-refractivity contribution in [1.29, 1.82) is 0 Å². The number of fused-ring (bicyclic) bond motifs is 1. The van der Waals surface area contributed by atoms with Crippen LogP contribution in [0.4, 0.5) is 5.69 Å². The molecule has 0 aliphatic carbocycles. The number of hydrogen-bond acceptors (Lipinski definition) is 6. The average Bonchev–Trinajstić information content (AvgIpc) is 2.91. The van der Waals surface area contributed by atoms with Gasteiger partial charge in [-0.1, -0.05) is 23.9 Å². The highest BCUT2D eigenvalue weighted by Crippen LogP contribution is 2.48. The van der Waals surface area contributed by atoms with Gasteiger partial charge in [-0.3, -0.25) is 9.59 Å². The third-order valence-electron chi connectivity index (χ3n) is 3.76. The predicted octanol–water partition coefficient (Wildman–Crippen LogP) is 4.16. The standard InChI is InChI=1S/C20H19NO4S/c1-13(22)9-20-21(12-15-5-4-6-16(10-15)24-3)18-11-17(25-14(2)23)7-8-19(18)26-20/h4-11H,12H2,1-3H3. The molecule has 0 spiro atoms. The van der Waals surface area contributed by atoms with Crippen molar-refractivity contribution in [2.24, 2.45) is 0 Å². The van der Waals surface area contributed by atoms with Crippen molar-refractivity contribution in [3.8, 4) is 11.5 Å². The topological polar surface area (TPSA) is 55.8 Å². The van der Waals surface area contributed by atoms with E-state index in [1.807, 2.05) is 41.3 Å². The van der Waals surface area contributed by atoms with Crippen LogP contribution in [0.15, 0.2) is 58.5 Å². The molecule has 0 N–H and O–H groups in total. The van der Waals surface area contributed by atoms with Crippen LogP contribution < -0.4 is 14.4 Å². The first-order valence-electron chi connectivity index (χ1n) is 8.09. The van der Waals surface area contributed by atoms with Gasteiger partial charge >= 0.3 is 5.97 Å². The molecule has 3 rings (SSSR count). The molecule has 1 heterocycles. The van der Waals surface area contributed by atoms with E-state index in [-0.39, 0.29) is 11.8 Å². The number of benzene rings is 2. The molecule has 1 aliphatic heterocycles. The van der Waals surface area contributed by atoms with E-state index in [1.165, 1.54) is 25.6 Å². The Morgan fingerprint density at radius 3 is 2.62 bits per heavy atom. The van der Waals surface area contributed by atoms with E-state index in [0.717, 1.165) is 26.9 Å². The maximum absolute atomic E-state index is 11.7. The van der Waals surface area contributed by atoms with Crippen LogP contribution in [-0.2, 0) is 16.1 Å². The molecule has 5 nitrogen and oxygen atoms in total. The predicted molar refractivity (Wildman–Crippen MR) is 102 cm³/mol. The van der Waals surface area contributed by atoms with Gasteiger partial charge < -0.3 is 14.4 Å². The van der Waals surface area contributed by atoms with E-state index in [2.05, 4.69) is 0 Å². The number of thioether (sulfide) groups is 1. The fraction of sp³-hybridized carbons (Fsp3) is 0.200. The molecule has 2 aromatic rings. The summed E-state index contributed by atoms with van der Waals surface area (Å²) in [5.41, 5.74) is 1.95. The van der Waals surface area contributed by atoms with E-state index in [9.17, 15) is 9.59 Å². The van der Waals surface area contributed by atoms with Gasteiger partial charge in [0.2, 0.25) is 0 Å². The molecule has 0 aromatic heterocycles. The number of rotatable bonds is 5. The second-order valence-electron chi connectivity index (χ2n) is 5.86. The summed E-state index contributed by atoms with van der Waals surface area (Å²) in [6.07, 6.45) is 1.62. The number of ketones is 1. The van der Waals surface area contributed by atoms with E-state index in [1.54, 1.807) is 19.3 Å². The molecule has 26 heavy (non-hydrogen) atoms. The first kappa shape index (κ1) is 18.1. The minimum Gasteiger partial charge on any atom is -0.497 e. The maximum atomic E-state index is 11.7. The Labute approximate surface area is 156 Å². The lowest BCUT2D eigenvalue weighted by Gasteiger charge is -2.21. The van der Waals surface area contributed by atoms with Gasteiger partial charge in [-0.2, -0.15) is 0 Å². The third kappa shape index (κ3) is 4.08. The van der Waals surface area contributed by atoms with Crippen molar-refractivity contribution in [2.75, 3.05) is 12.0 Å². The number of carbonyl (C=O) groups excluding carboxylic acids is 2. The number of nitrogens with zero attached hydrogens (tertiary/aromatic N) is 1. The Bertz CT molecular complexity index is 891. The summed E-state index contributed by atoms with van der Waals surface area (Å²) >= 11 is 1.52. The van der Waals surface area contributed by atoms with Gasteiger partial charge in [0.1, 0.15) is 11.5 Å². The van der Waals surface area contributed by atoms with Gasteiger partial charge in [0.05, 0.1) is 17.8 Å². The lowest BCUT2D eigenvalue weighted by atomic mass is 10.2. The Hall–Kier alpha value is -2.73. The van der Waals surface area contributed by atoms with Gasteiger partial charge in [0, 0.05) is 30.5 Å². The molecule has 6 heteroatoms. The summed E-state index contributed by atoms with van der Waals surface area (Å²) < 4.78 is 10.5. The van der Waals surface area contributed by atoms with Crippen molar-refractivity contribution in [3.05, 3.63) is 59.1 Å². The normalized spacial score (nSPS) is 14.3. The maximum Gasteiger partial charge on any atom is 0.308 e. The van der Waals surface area contributed by atoms with Crippen molar-refractivity contribution in [3.63, 3.8) is 0 Å². The highest BCUT2D eigenvalue weighted by Gasteiger charge is 2.26. The molecule has 2 aromatic carbocycles. The highest BCUT2D eigenvalue weighted by atomic mass is 32.2. The van der Waals surface area contributed by atoms with Gasteiger partial charge in [-0.15, -0.1) is 0 Å². The minimum absolute atomic E-state index is 0.0174. The van der Waals surface area contributed by atoms with Crippen LogP contribution in [-0.4, -0.2) is 18.9 Å². The zero-order valence-electron chi connectivity index (χ0n) is 14.8. The van der Waals surface area contributed by atoms with Crippen molar-refractivity contribution >= 4 is 29.2 Å². The number of carbonyl (C=O) groups is 2. The van der Waals surface area contributed by atoms with Crippen LogP contribution >= 0.6 is 11.8 Å². The molecule has 0 bridgehead atoms. The van der Waals surface area contributed by atoms with Crippen molar-refractivity contribution in [2.45, 2.75) is 25.3 Å². The monoisotopic (exact) mass is 369 g/mol. The number of anilines is 1. The summed E-state index contributed by atoms with van der Waals surface area (Å²) in [5, 5.41) is 0.843. The molecule has 134 valence electrons. The van der Waals surface area contributed by atoms with Crippen LogP contribution in [0.25, 0.3) is 0 Å². The molecule has 1 aliphatic rings. The van der Waals surface area contributed by atoms with Crippen LogP contribution in [0, 0.1) is 0 Å². The molecule has 0 unspecified atom stereocenters. The van der Waals surface area contributed by atoms with Crippen LogP contribution in [0.3, 0.4) is 0 Å². The largest absolute Gasteiger partial charge is 0.497 e. The van der Waals surface area contributed by atoms with Crippen molar-refractivity contribution in [1.82, 2.24) is 0 Å². The molecule has 0 atom stereocenters. The third-order valence-corrected chi connectivity index (χ3v) is 4.88. The van der Waals surface area contributed by atoms with Gasteiger partial charge in [0.15, 0.2) is 5.78 Å². The van der Waals surface area contributed by atoms with E-state index < -0.39 is 0 Å². The molecule has 0 saturated heterocycles. The summed E-state index contributed by atoms with van der Waals surface area (Å²) in [4.78, 5) is 26.0. The zero-order valence-corrected chi connectivity index (χ0v) is 15.6. The highest BCUT2D eigenvalue weighted by molar-refractivity contribution is 8.03. The Kier molecular flexibility index (Phi) is 5.32. The molecule has 0 radical (unpaired) electrons. The van der Waals surface area contributed by atoms with Gasteiger partial charge in [-0.05, 0) is 36.8 Å². The van der Waals surface area contributed by atoms with Gasteiger partial charge in [-0.25, -0.2) is 0 Å². The number of esters is 1. The van der Waals surface area contributed by atoms with Gasteiger partial charge in [0.25, 0.3) is 0 Å². The van der Waals surface area contributed by atoms with Crippen LogP contribution in [0.2, 0.25) is 0 Å². The Balaban J connectivity index is 1.98. The SMILES string of the molecule is COc1cccc(CN2C(=CC(C)=O)Sc3ccc(OC(C)=O)cc32)c1. The van der Waals surface area contributed by atoms with Crippen molar-refractivity contribution < 1.29 is 19.1 Å². The van der Waals surface area contributed by atoms with E-state index in [4.69, 9.17) is 9.47 Å². The second-order valence-corrected chi connectivity index (χ2v) is 6.92. The fourth-order valence-electron chi connectivity index (χ4n) is 2.71. The van der Waals surface area contributed by atoms with Crippen LogP contribution in [0.5, 0.6) is 11.5 Å². The number of allylic oxidation sites excluding steroid dienone is 1. The zero-order chi connectivity index (χ0) is 18.7. The first-order chi connectivity index (χ1) is 12.5. The number of hydrogen-bond donors (Lipinski definition) is 0. The fourth-order valence-corrected chi connectivity index (χ4v) is 3.84. The Morgan fingerprint density at radius 1 is 1.12 bits per heavy atom. The quantitative estimate of drug-likeness (QED) is 0.448. The first-order valence-corrected chi connectivity index (χ1v) is 8.91. The summed E-state index contributed by atoms with van der Waals surface area (Å²) in [6.45, 7) is 3.47. The smallest absolute Gasteiger partial charge is 0.308 e. The summed E-state index contributed by atoms with van der Waals surface area (Å²) in [6, 6.07) is 13.3. The average molecular weight is 369 g/mol. The summed E-state index contributed by atoms with van der Waals surface area (Å²) in [7, 11) is 1.63. The molecule has 0 fully saturated rings. The number of ether oxygens (including phenoxy) is 2. The minimum atomic E-state index is -0.366. The van der Waals surface area contributed by atoms with E-state index in [0.29, 0.717) is 12.3 Å².